The third-order valence-corrected chi connectivity index (χ3v) is 5.49. The van der Waals surface area contributed by atoms with E-state index in [1.165, 1.54) is 27.6 Å². The van der Waals surface area contributed by atoms with E-state index < -0.39 is 0 Å². The molecule has 1 aliphatic rings. The van der Waals surface area contributed by atoms with Crippen LogP contribution in [0.25, 0.3) is 32.9 Å². The Labute approximate surface area is 152 Å². The summed E-state index contributed by atoms with van der Waals surface area (Å²) in [6.07, 6.45) is 2.86. The highest BCUT2D eigenvalue weighted by Gasteiger charge is 2.20. The van der Waals surface area contributed by atoms with Crippen LogP contribution in [0.1, 0.15) is 22.4 Å². The van der Waals surface area contributed by atoms with Gasteiger partial charge in [0.15, 0.2) is 0 Å². The van der Waals surface area contributed by atoms with Crippen molar-refractivity contribution in [2.75, 3.05) is 6.61 Å². The minimum Gasteiger partial charge on any atom is -0.493 e. The van der Waals surface area contributed by atoms with Crippen LogP contribution in [0, 0.1) is 20.8 Å². The van der Waals surface area contributed by atoms with Crippen molar-refractivity contribution in [3.63, 3.8) is 0 Å². The summed E-state index contributed by atoms with van der Waals surface area (Å²) >= 11 is 0. The van der Waals surface area contributed by atoms with Gasteiger partial charge in [0, 0.05) is 34.6 Å². The highest BCUT2D eigenvalue weighted by Crippen LogP contribution is 2.41. The molecule has 0 N–H and O–H groups in total. The van der Waals surface area contributed by atoms with Crippen LogP contribution in [0.2, 0.25) is 0 Å². The van der Waals surface area contributed by atoms with Crippen molar-refractivity contribution in [1.29, 1.82) is 0 Å². The minimum atomic E-state index is 0.737. The molecule has 0 unspecified atom stereocenters. The third-order valence-electron chi connectivity index (χ3n) is 5.49. The molecule has 128 valence electrons. The molecule has 3 heterocycles. The highest BCUT2D eigenvalue weighted by molar-refractivity contribution is 6.07. The number of hydrogen-bond donors (Lipinski definition) is 0. The number of aromatic nitrogens is 2. The molecule has 0 atom stereocenters. The van der Waals surface area contributed by atoms with E-state index in [0.29, 0.717) is 0 Å². The summed E-state index contributed by atoms with van der Waals surface area (Å²) in [5.74, 6) is 0.946. The van der Waals surface area contributed by atoms with E-state index in [1.54, 1.807) is 0 Å². The first-order valence-corrected chi connectivity index (χ1v) is 9.05. The Morgan fingerprint density at radius 2 is 1.88 bits per heavy atom. The fourth-order valence-electron chi connectivity index (χ4n) is 4.06. The molecular weight excluding hydrogens is 320 g/mol. The van der Waals surface area contributed by atoms with Crippen LogP contribution < -0.4 is 4.74 Å². The van der Waals surface area contributed by atoms with Gasteiger partial charge in [0.1, 0.15) is 5.75 Å². The molecule has 3 heteroatoms. The highest BCUT2D eigenvalue weighted by atomic mass is 16.5. The first-order valence-electron chi connectivity index (χ1n) is 9.05. The summed E-state index contributed by atoms with van der Waals surface area (Å²) in [7, 11) is 0. The van der Waals surface area contributed by atoms with Gasteiger partial charge >= 0.3 is 0 Å². The topological polar surface area (TPSA) is 35.0 Å². The van der Waals surface area contributed by atoms with Crippen molar-refractivity contribution in [3.05, 3.63) is 65.0 Å². The maximum atomic E-state index is 5.89. The number of pyridine rings is 2. The van der Waals surface area contributed by atoms with Crippen molar-refractivity contribution >= 4 is 21.8 Å². The van der Waals surface area contributed by atoms with E-state index in [9.17, 15) is 0 Å². The lowest BCUT2D eigenvalue weighted by Gasteiger charge is -2.21. The van der Waals surface area contributed by atoms with Gasteiger partial charge in [-0.2, -0.15) is 0 Å². The molecule has 0 aliphatic carbocycles. The molecule has 1 aliphatic heterocycles. The minimum absolute atomic E-state index is 0.737. The number of fused-ring (bicyclic) bond motifs is 1. The number of benzene rings is 2. The van der Waals surface area contributed by atoms with E-state index >= 15 is 0 Å². The van der Waals surface area contributed by atoms with Gasteiger partial charge in [0.25, 0.3) is 0 Å². The lowest BCUT2D eigenvalue weighted by molar-refractivity contribution is 0.318. The average Bonchev–Trinajstić information content (AvgIpc) is 2.64. The molecule has 26 heavy (non-hydrogen) atoms. The predicted molar refractivity (Wildman–Crippen MR) is 106 cm³/mol. The van der Waals surface area contributed by atoms with Crippen LogP contribution in [-0.2, 0) is 6.42 Å². The summed E-state index contributed by atoms with van der Waals surface area (Å²) in [6.45, 7) is 7.12. The lowest BCUT2D eigenvalue weighted by atomic mass is 9.89. The van der Waals surface area contributed by atoms with Crippen molar-refractivity contribution in [2.45, 2.75) is 27.2 Å². The normalized spacial score (nSPS) is 13.2. The molecule has 0 amide bonds. The average molecular weight is 340 g/mol. The summed E-state index contributed by atoms with van der Waals surface area (Å²) in [5.41, 5.74) is 9.35. The molecule has 0 bridgehead atoms. The second kappa shape index (κ2) is 5.53. The molecular formula is C23H20N2O. The maximum Gasteiger partial charge on any atom is 0.129 e. The van der Waals surface area contributed by atoms with Crippen LogP contribution in [0.5, 0.6) is 5.75 Å². The zero-order valence-electron chi connectivity index (χ0n) is 15.3. The SMILES string of the molecule is Cc1ccc2c(-c3ccc4c5c(ccnc35)CCO4)c(C)c(C)cc2n1. The van der Waals surface area contributed by atoms with Gasteiger partial charge in [0.2, 0.25) is 0 Å². The predicted octanol–water partition coefficient (Wildman–Crippen LogP) is 5.31. The van der Waals surface area contributed by atoms with Crippen molar-refractivity contribution in [1.82, 2.24) is 9.97 Å². The van der Waals surface area contributed by atoms with Crippen LogP contribution in [0.15, 0.2) is 42.6 Å². The zero-order valence-corrected chi connectivity index (χ0v) is 15.3. The van der Waals surface area contributed by atoms with Gasteiger partial charge in [0.05, 0.1) is 17.6 Å². The number of hydrogen-bond acceptors (Lipinski definition) is 3. The van der Waals surface area contributed by atoms with Crippen LogP contribution in [-0.4, -0.2) is 16.6 Å². The molecule has 2 aromatic carbocycles. The fourth-order valence-corrected chi connectivity index (χ4v) is 4.06. The Morgan fingerprint density at radius 3 is 2.77 bits per heavy atom. The fraction of sp³-hybridized carbons (Fsp3) is 0.217. The van der Waals surface area contributed by atoms with Crippen molar-refractivity contribution in [3.8, 4) is 16.9 Å². The molecule has 0 spiro atoms. The summed E-state index contributed by atoms with van der Waals surface area (Å²) in [4.78, 5) is 9.52. The quantitative estimate of drug-likeness (QED) is 0.471. The van der Waals surface area contributed by atoms with E-state index in [1.807, 2.05) is 13.1 Å². The number of nitrogens with zero attached hydrogens (tertiary/aromatic N) is 2. The molecule has 4 aromatic rings. The second-order valence-electron chi connectivity index (χ2n) is 7.12. The number of ether oxygens (including phenoxy) is 1. The van der Waals surface area contributed by atoms with E-state index in [0.717, 1.165) is 46.5 Å². The van der Waals surface area contributed by atoms with Crippen LogP contribution >= 0.6 is 0 Å². The van der Waals surface area contributed by atoms with Gasteiger partial charge in [-0.15, -0.1) is 0 Å². The Morgan fingerprint density at radius 1 is 1.00 bits per heavy atom. The van der Waals surface area contributed by atoms with Gasteiger partial charge in [-0.05, 0) is 73.4 Å². The second-order valence-corrected chi connectivity index (χ2v) is 7.12. The molecule has 3 nitrogen and oxygen atoms in total. The van der Waals surface area contributed by atoms with Crippen molar-refractivity contribution < 1.29 is 4.74 Å². The van der Waals surface area contributed by atoms with E-state index in [-0.39, 0.29) is 0 Å². The largest absolute Gasteiger partial charge is 0.493 e. The molecule has 5 rings (SSSR count). The van der Waals surface area contributed by atoms with Gasteiger partial charge in [-0.1, -0.05) is 6.07 Å². The summed E-state index contributed by atoms with van der Waals surface area (Å²) in [6, 6.07) is 12.8. The molecule has 0 saturated carbocycles. The molecule has 2 aromatic heterocycles. The van der Waals surface area contributed by atoms with Crippen LogP contribution in [0.4, 0.5) is 0 Å². The first-order chi connectivity index (χ1) is 12.6. The monoisotopic (exact) mass is 340 g/mol. The van der Waals surface area contributed by atoms with Crippen molar-refractivity contribution in [2.24, 2.45) is 0 Å². The summed E-state index contributed by atoms with van der Waals surface area (Å²) < 4.78 is 5.89. The Balaban J connectivity index is 1.93. The molecule has 0 fully saturated rings. The number of rotatable bonds is 1. The smallest absolute Gasteiger partial charge is 0.129 e. The van der Waals surface area contributed by atoms with Gasteiger partial charge < -0.3 is 4.74 Å². The Bertz CT molecular complexity index is 1180. The standard InChI is InChI=1S/C23H20N2O/c1-13-12-19-17(5-4-14(2)25-19)21(15(13)3)18-6-7-20-22-16(9-11-26-20)8-10-24-23(18)22/h4-8,10,12H,9,11H2,1-3H3. The lowest BCUT2D eigenvalue weighted by Crippen LogP contribution is -2.09. The van der Waals surface area contributed by atoms with E-state index in [4.69, 9.17) is 14.7 Å². The van der Waals surface area contributed by atoms with E-state index in [2.05, 4.69) is 50.2 Å². The third kappa shape index (κ3) is 2.13. The zero-order chi connectivity index (χ0) is 17.8. The Hall–Kier alpha value is -2.94. The van der Waals surface area contributed by atoms with Gasteiger partial charge in [-0.3, -0.25) is 9.97 Å². The summed E-state index contributed by atoms with van der Waals surface area (Å²) in [5, 5.41) is 2.34. The first kappa shape index (κ1) is 15.3. The number of aryl methyl sites for hydroxylation is 2. The Kier molecular flexibility index (Phi) is 3.26. The molecule has 0 saturated heterocycles. The van der Waals surface area contributed by atoms with Crippen LogP contribution in [0.3, 0.4) is 0 Å². The maximum absolute atomic E-state index is 5.89. The molecule has 0 radical (unpaired) electrons. The van der Waals surface area contributed by atoms with Gasteiger partial charge in [-0.25, -0.2) is 0 Å².